The van der Waals surface area contributed by atoms with Crippen LogP contribution in [0.25, 0.3) is 0 Å². The second kappa shape index (κ2) is 7.15. The van der Waals surface area contributed by atoms with E-state index in [0.717, 1.165) is 11.1 Å². The van der Waals surface area contributed by atoms with Gasteiger partial charge in [0.25, 0.3) is 0 Å². The summed E-state index contributed by atoms with van der Waals surface area (Å²) in [5, 5.41) is 10.0. The van der Waals surface area contributed by atoms with Gasteiger partial charge in [0.05, 0.1) is 11.6 Å². The third kappa shape index (κ3) is 3.42. The molecule has 3 N–H and O–H groups in total. The third-order valence-corrected chi connectivity index (χ3v) is 6.03. The second-order valence-corrected chi connectivity index (χ2v) is 8.00. The molecular weight excluding hydrogens is 334 g/mol. The van der Waals surface area contributed by atoms with E-state index in [9.17, 15) is 9.90 Å². The summed E-state index contributed by atoms with van der Waals surface area (Å²) >= 11 is 1.46. The summed E-state index contributed by atoms with van der Waals surface area (Å²) in [6, 6.07) is 13.1. The Morgan fingerprint density at radius 1 is 1.28 bits per heavy atom. The number of aliphatic hydroxyl groups is 1. The van der Waals surface area contributed by atoms with Crippen molar-refractivity contribution in [2.24, 2.45) is 5.73 Å². The molecule has 5 nitrogen and oxygen atoms in total. The Morgan fingerprint density at radius 2 is 2.00 bits per heavy atom. The molecule has 0 aliphatic carbocycles. The highest BCUT2D eigenvalue weighted by atomic mass is 32.2. The Hall–Kier alpha value is -1.89. The number of thioether (sulfide) groups is 1. The molecule has 1 saturated heterocycles. The predicted molar refractivity (Wildman–Crippen MR) is 99.7 cm³/mol. The summed E-state index contributed by atoms with van der Waals surface area (Å²) in [4.78, 5) is 19.2. The molecule has 0 bridgehead atoms. The molecule has 3 atom stereocenters. The molecule has 132 valence electrons. The highest BCUT2D eigenvalue weighted by Crippen LogP contribution is 2.49. The lowest BCUT2D eigenvalue weighted by atomic mass is 9.99. The summed E-state index contributed by atoms with van der Waals surface area (Å²) < 4.78 is 0. The van der Waals surface area contributed by atoms with Gasteiger partial charge >= 0.3 is 0 Å². The van der Waals surface area contributed by atoms with E-state index in [0.29, 0.717) is 6.54 Å². The number of nitrogens with zero attached hydrogens (tertiary/aromatic N) is 2. The van der Waals surface area contributed by atoms with E-state index in [1.165, 1.54) is 11.8 Å². The zero-order valence-corrected chi connectivity index (χ0v) is 15.2. The molecule has 1 fully saturated rings. The van der Waals surface area contributed by atoms with Gasteiger partial charge in [0.15, 0.2) is 0 Å². The molecule has 0 spiro atoms. The highest BCUT2D eigenvalue weighted by molar-refractivity contribution is 8.01. The van der Waals surface area contributed by atoms with Crippen molar-refractivity contribution in [1.29, 1.82) is 0 Å². The molecule has 1 aliphatic rings. The van der Waals surface area contributed by atoms with Crippen LogP contribution in [0, 0.1) is 0 Å². The SMILES string of the molecule is CC(C)(CN)N1C(=O)C(C(O)c2ccccc2)SC1c1cccnc1. The summed E-state index contributed by atoms with van der Waals surface area (Å²) in [5.41, 5.74) is 7.10. The molecule has 25 heavy (non-hydrogen) atoms. The molecule has 1 aliphatic heterocycles. The van der Waals surface area contributed by atoms with Crippen molar-refractivity contribution >= 4 is 17.7 Å². The van der Waals surface area contributed by atoms with Crippen molar-refractivity contribution in [3.63, 3.8) is 0 Å². The quantitative estimate of drug-likeness (QED) is 0.859. The molecule has 3 unspecified atom stereocenters. The lowest BCUT2D eigenvalue weighted by Gasteiger charge is -2.38. The number of carbonyl (C=O) groups excluding carboxylic acids is 1. The normalized spacial score (nSPS) is 22.2. The molecule has 1 aromatic heterocycles. The van der Waals surface area contributed by atoms with E-state index in [2.05, 4.69) is 4.98 Å². The van der Waals surface area contributed by atoms with Crippen LogP contribution in [0.15, 0.2) is 54.9 Å². The Balaban J connectivity index is 1.97. The van der Waals surface area contributed by atoms with Crippen molar-refractivity contribution in [3.8, 4) is 0 Å². The summed E-state index contributed by atoms with van der Waals surface area (Å²) in [5.74, 6) is -0.0920. The Morgan fingerprint density at radius 3 is 2.60 bits per heavy atom. The first kappa shape index (κ1) is 17.9. The number of rotatable bonds is 5. The molecular formula is C19H23N3O2S. The van der Waals surface area contributed by atoms with Crippen molar-refractivity contribution in [1.82, 2.24) is 9.88 Å². The van der Waals surface area contributed by atoms with Gasteiger partial charge in [-0.25, -0.2) is 0 Å². The van der Waals surface area contributed by atoms with Crippen LogP contribution in [0.2, 0.25) is 0 Å². The topological polar surface area (TPSA) is 79.5 Å². The fourth-order valence-electron chi connectivity index (χ4n) is 3.01. The zero-order chi connectivity index (χ0) is 18.0. The molecule has 1 aromatic carbocycles. The fourth-order valence-corrected chi connectivity index (χ4v) is 4.63. The van der Waals surface area contributed by atoms with Gasteiger partial charge < -0.3 is 15.7 Å². The lowest BCUT2D eigenvalue weighted by Crippen LogP contribution is -2.52. The van der Waals surface area contributed by atoms with E-state index in [1.807, 2.05) is 56.3 Å². The maximum absolute atomic E-state index is 13.2. The Labute approximate surface area is 152 Å². The van der Waals surface area contributed by atoms with Gasteiger partial charge in [0.1, 0.15) is 10.6 Å². The first-order valence-electron chi connectivity index (χ1n) is 8.27. The minimum absolute atomic E-state index is 0.0920. The number of aliphatic hydroxyl groups excluding tert-OH is 1. The van der Waals surface area contributed by atoms with Gasteiger partial charge in [-0.2, -0.15) is 0 Å². The van der Waals surface area contributed by atoms with Gasteiger partial charge in [-0.05, 0) is 25.5 Å². The van der Waals surface area contributed by atoms with Gasteiger partial charge in [-0.1, -0.05) is 36.4 Å². The van der Waals surface area contributed by atoms with E-state index in [4.69, 9.17) is 5.73 Å². The summed E-state index contributed by atoms with van der Waals surface area (Å²) in [6.45, 7) is 4.24. The van der Waals surface area contributed by atoms with Gasteiger partial charge in [0, 0.05) is 24.5 Å². The molecule has 3 rings (SSSR count). The number of aromatic nitrogens is 1. The van der Waals surface area contributed by atoms with Crippen LogP contribution in [0.3, 0.4) is 0 Å². The number of hydrogen-bond donors (Lipinski definition) is 2. The first-order chi connectivity index (χ1) is 12.0. The van der Waals surface area contributed by atoms with E-state index < -0.39 is 16.9 Å². The number of pyridine rings is 1. The fraction of sp³-hybridized carbons (Fsp3) is 0.368. The minimum Gasteiger partial charge on any atom is -0.387 e. The average molecular weight is 357 g/mol. The first-order valence-corrected chi connectivity index (χ1v) is 9.21. The van der Waals surface area contributed by atoms with Gasteiger partial charge in [-0.3, -0.25) is 9.78 Å². The van der Waals surface area contributed by atoms with E-state index in [1.54, 1.807) is 17.3 Å². The number of nitrogens with two attached hydrogens (primary N) is 1. The van der Waals surface area contributed by atoms with Crippen molar-refractivity contribution in [2.75, 3.05) is 6.54 Å². The minimum atomic E-state index is -0.864. The van der Waals surface area contributed by atoms with Crippen LogP contribution in [0.1, 0.15) is 36.5 Å². The lowest BCUT2D eigenvalue weighted by molar-refractivity contribution is -0.136. The van der Waals surface area contributed by atoms with Crippen LogP contribution in [-0.4, -0.2) is 38.2 Å². The van der Waals surface area contributed by atoms with Crippen LogP contribution in [-0.2, 0) is 4.79 Å². The maximum atomic E-state index is 13.2. The highest BCUT2D eigenvalue weighted by Gasteiger charge is 2.49. The molecule has 2 heterocycles. The number of amides is 1. The molecule has 2 aromatic rings. The summed E-state index contributed by atoms with van der Waals surface area (Å²) in [7, 11) is 0. The number of benzene rings is 1. The largest absolute Gasteiger partial charge is 0.387 e. The van der Waals surface area contributed by atoms with Crippen molar-refractivity contribution in [3.05, 3.63) is 66.0 Å². The monoisotopic (exact) mass is 357 g/mol. The van der Waals surface area contributed by atoms with Crippen LogP contribution >= 0.6 is 11.8 Å². The van der Waals surface area contributed by atoms with E-state index in [-0.39, 0.29) is 11.3 Å². The standard InChI is InChI=1S/C19H23N3O2S/c1-19(2,12-20)22-17(24)16(15(23)13-7-4-3-5-8-13)25-18(22)14-9-6-10-21-11-14/h3-11,15-16,18,23H,12,20H2,1-2H3. The van der Waals surface area contributed by atoms with Gasteiger partial charge in [0.2, 0.25) is 5.91 Å². The molecule has 0 radical (unpaired) electrons. The van der Waals surface area contributed by atoms with Crippen LogP contribution in [0.5, 0.6) is 0 Å². The average Bonchev–Trinajstić information content (AvgIpc) is 3.00. The number of hydrogen-bond acceptors (Lipinski definition) is 5. The van der Waals surface area contributed by atoms with Crippen LogP contribution in [0.4, 0.5) is 0 Å². The number of carbonyl (C=O) groups is 1. The van der Waals surface area contributed by atoms with Crippen LogP contribution < -0.4 is 5.73 Å². The smallest absolute Gasteiger partial charge is 0.240 e. The molecule has 0 saturated carbocycles. The van der Waals surface area contributed by atoms with E-state index >= 15 is 0 Å². The third-order valence-electron chi connectivity index (χ3n) is 4.54. The zero-order valence-electron chi connectivity index (χ0n) is 14.4. The van der Waals surface area contributed by atoms with Gasteiger partial charge in [-0.15, -0.1) is 11.8 Å². The predicted octanol–water partition coefficient (Wildman–Crippen LogP) is 2.50. The maximum Gasteiger partial charge on any atom is 0.240 e. The molecule has 1 amide bonds. The Bertz CT molecular complexity index is 724. The summed E-state index contributed by atoms with van der Waals surface area (Å²) in [6.07, 6.45) is 2.61. The Kier molecular flexibility index (Phi) is 5.13. The second-order valence-electron chi connectivity index (χ2n) is 6.78. The van der Waals surface area contributed by atoms with Crippen molar-refractivity contribution < 1.29 is 9.90 Å². The molecule has 6 heteroatoms. The van der Waals surface area contributed by atoms with Crippen molar-refractivity contribution in [2.45, 2.75) is 36.1 Å².